The number of aliphatic carboxylic acids is 1. The number of carbonyl (C=O) groups excluding carboxylic acids is 3. The lowest BCUT2D eigenvalue weighted by Crippen LogP contribution is -2.55. The molecule has 0 aliphatic heterocycles. The van der Waals surface area contributed by atoms with Crippen LogP contribution in [0.15, 0.2) is 24.3 Å². The molecule has 1 rings (SSSR count). The Bertz CT molecular complexity index is 729. The molecule has 1 aromatic carbocycles. The smallest absolute Gasteiger partial charge is 0.327 e. The number of nitrogens with two attached hydrogens (primary N) is 1. The molecule has 1 aromatic rings. The number of rotatable bonds is 11. The lowest BCUT2D eigenvalue weighted by molar-refractivity contribution is -0.141. The third-order valence-corrected chi connectivity index (χ3v) is 4.15. The zero-order valence-corrected chi connectivity index (χ0v) is 16.3. The van der Waals surface area contributed by atoms with E-state index in [0.717, 1.165) is 0 Å². The molecule has 0 spiro atoms. The molecule has 0 aromatic heterocycles. The molecule has 12 heteroatoms. The summed E-state index contributed by atoms with van der Waals surface area (Å²) in [5, 5.41) is 34.1. The minimum atomic E-state index is -1.27. The van der Waals surface area contributed by atoms with Gasteiger partial charge in [-0.15, -0.1) is 0 Å². The SMILES string of the molecule is NC(CO)C(=O)NC(Cc1ccc(O)cc1)C(=O)NCC(=O)NC(CS)C(=O)O. The molecule has 11 nitrogen and oxygen atoms in total. The number of benzene rings is 1. The third kappa shape index (κ3) is 8.37. The molecule has 3 amide bonds. The number of aromatic hydroxyl groups is 1. The summed E-state index contributed by atoms with van der Waals surface area (Å²) in [5.41, 5.74) is 6.05. The van der Waals surface area contributed by atoms with E-state index in [4.69, 9.17) is 15.9 Å². The number of hydrogen-bond donors (Lipinski definition) is 8. The van der Waals surface area contributed by atoms with Crippen LogP contribution in [0.2, 0.25) is 0 Å². The molecule has 0 saturated heterocycles. The lowest BCUT2D eigenvalue weighted by atomic mass is 10.0. The van der Waals surface area contributed by atoms with Crippen molar-refractivity contribution >= 4 is 36.3 Å². The Morgan fingerprint density at radius 1 is 1.03 bits per heavy atom. The summed E-state index contributed by atoms with van der Waals surface area (Å²) in [6, 6.07) is 2.33. The van der Waals surface area contributed by atoms with Crippen LogP contribution in [0.1, 0.15) is 5.56 Å². The number of thiol groups is 1. The van der Waals surface area contributed by atoms with Gasteiger partial charge in [-0.05, 0) is 17.7 Å². The van der Waals surface area contributed by atoms with E-state index in [2.05, 4.69) is 28.6 Å². The van der Waals surface area contributed by atoms with Crippen molar-refractivity contribution in [1.82, 2.24) is 16.0 Å². The monoisotopic (exact) mass is 428 g/mol. The molecule has 0 bridgehead atoms. The van der Waals surface area contributed by atoms with Gasteiger partial charge in [-0.3, -0.25) is 14.4 Å². The zero-order chi connectivity index (χ0) is 22.0. The Hall–Kier alpha value is -2.83. The molecule has 29 heavy (non-hydrogen) atoms. The molecular formula is C17H24N4O7S. The third-order valence-electron chi connectivity index (χ3n) is 3.78. The summed E-state index contributed by atoms with van der Waals surface area (Å²) in [6.45, 7) is -1.15. The number of hydrogen-bond acceptors (Lipinski definition) is 8. The maximum Gasteiger partial charge on any atom is 0.327 e. The molecule has 0 fully saturated rings. The maximum atomic E-state index is 12.5. The molecule has 3 atom stereocenters. The minimum absolute atomic E-state index is 0.0199. The fourth-order valence-corrected chi connectivity index (χ4v) is 2.41. The second-order valence-electron chi connectivity index (χ2n) is 6.08. The van der Waals surface area contributed by atoms with E-state index in [9.17, 15) is 24.3 Å². The van der Waals surface area contributed by atoms with Gasteiger partial charge in [0.05, 0.1) is 13.2 Å². The molecular weight excluding hydrogens is 404 g/mol. The van der Waals surface area contributed by atoms with Crippen molar-refractivity contribution in [3.05, 3.63) is 29.8 Å². The van der Waals surface area contributed by atoms with Gasteiger partial charge in [0.1, 0.15) is 23.9 Å². The number of carboxylic acid groups (broad SMARTS) is 1. The summed E-state index contributed by atoms with van der Waals surface area (Å²) < 4.78 is 0. The largest absolute Gasteiger partial charge is 0.508 e. The van der Waals surface area contributed by atoms with Gasteiger partial charge < -0.3 is 37.0 Å². The van der Waals surface area contributed by atoms with Crippen LogP contribution in [-0.2, 0) is 25.6 Å². The molecule has 0 saturated carbocycles. The van der Waals surface area contributed by atoms with Crippen LogP contribution in [-0.4, -0.2) is 76.0 Å². The zero-order valence-electron chi connectivity index (χ0n) is 15.4. The fraction of sp³-hybridized carbons (Fsp3) is 0.412. The Balaban J connectivity index is 2.78. The van der Waals surface area contributed by atoms with Crippen molar-refractivity contribution < 1.29 is 34.5 Å². The van der Waals surface area contributed by atoms with Crippen LogP contribution in [0.4, 0.5) is 0 Å². The fourth-order valence-electron chi connectivity index (χ4n) is 2.16. The van der Waals surface area contributed by atoms with Gasteiger partial charge in [-0.2, -0.15) is 12.6 Å². The van der Waals surface area contributed by atoms with Crippen LogP contribution < -0.4 is 21.7 Å². The Kier molecular flexibility index (Phi) is 9.92. The first kappa shape index (κ1) is 24.2. The molecule has 0 aliphatic rings. The number of aliphatic hydroxyl groups is 1. The summed E-state index contributed by atoms with van der Waals surface area (Å²) in [4.78, 5) is 47.2. The molecule has 3 unspecified atom stereocenters. The molecule has 0 heterocycles. The van der Waals surface area contributed by atoms with E-state index in [1.807, 2.05) is 0 Å². The summed E-state index contributed by atoms with van der Waals surface area (Å²) in [5.74, 6) is -3.61. The molecule has 160 valence electrons. The van der Waals surface area contributed by atoms with E-state index < -0.39 is 55.0 Å². The quantitative estimate of drug-likeness (QED) is 0.175. The van der Waals surface area contributed by atoms with Crippen LogP contribution in [0, 0.1) is 0 Å². The van der Waals surface area contributed by atoms with Crippen molar-refractivity contribution in [1.29, 1.82) is 0 Å². The van der Waals surface area contributed by atoms with E-state index in [0.29, 0.717) is 5.56 Å². The molecule has 0 radical (unpaired) electrons. The number of phenols is 1. The van der Waals surface area contributed by atoms with Gasteiger partial charge in [0.2, 0.25) is 17.7 Å². The van der Waals surface area contributed by atoms with Crippen LogP contribution in [0.3, 0.4) is 0 Å². The van der Waals surface area contributed by atoms with Crippen molar-refractivity contribution in [2.45, 2.75) is 24.5 Å². The Morgan fingerprint density at radius 3 is 2.17 bits per heavy atom. The van der Waals surface area contributed by atoms with Gasteiger partial charge in [-0.25, -0.2) is 4.79 Å². The first-order valence-electron chi connectivity index (χ1n) is 8.53. The van der Waals surface area contributed by atoms with Crippen LogP contribution >= 0.6 is 12.6 Å². The average Bonchev–Trinajstić information content (AvgIpc) is 2.70. The van der Waals surface area contributed by atoms with Gasteiger partial charge in [0.15, 0.2) is 0 Å². The van der Waals surface area contributed by atoms with Crippen molar-refractivity contribution in [3.8, 4) is 5.75 Å². The van der Waals surface area contributed by atoms with Crippen molar-refractivity contribution in [2.24, 2.45) is 5.73 Å². The highest BCUT2D eigenvalue weighted by atomic mass is 32.1. The number of nitrogens with one attached hydrogen (secondary N) is 3. The summed E-state index contributed by atoms with van der Waals surface area (Å²) >= 11 is 3.82. The Labute approximate surface area is 172 Å². The van der Waals surface area contributed by atoms with E-state index in [-0.39, 0.29) is 17.9 Å². The predicted octanol–water partition coefficient (Wildman–Crippen LogP) is -2.65. The second kappa shape index (κ2) is 11.9. The highest BCUT2D eigenvalue weighted by molar-refractivity contribution is 7.80. The Morgan fingerprint density at radius 2 is 1.66 bits per heavy atom. The van der Waals surface area contributed by atoms with Crippen molar-refractivity contribution in [3.63, 3.8) is 0 Å². The number of carbonyl (C=O) groups is 4. The van der Waals surface area contributed by atoms with Crippen LogP contribution in [0.25, 0.3) is 0 Å². The summed E-state index contributed by atoms with van der Waals surface area (Å²) in [7, 11) is 0. The van der Waals surface area contributed by atoms with E-state index in [1.54, 1.807) is 12.1 Å². The number of amides is 3. The average molecular weight is 428 g/mol. The highest BCUT2D eigenvalue weighted by Gasteiger charge is 2.25. The first-order valence-corrected chi connectivity index (χ1v) is 9.16. The number of carboxylic acids is 1. The highest BCUT2D eigenvalue weighted by Crippen LogP contribution is 2.11. The van der Waals surface area contributed by atoms with Gasteiger partial charge in [0.25, 0.3) is 0 Å². The maximum absolute atomic E-state index is 12.5. The van der Waals surface area contributed by atoms with E-state index >= 15 is 0 Å². The predicted molar refractivity (Wildman–Crippen MR) is 105 cm³/mol. The van der Waals surface area contributed by atoms with Gasteiger partial charge in [-0.1, -0.05) is 12.1 Å². The van der Waals surface area contributed by atoms with Crippen LogP contribution in [0.5, 0.6) is 5.75 Å². The standard InChI is InChI=1S/C17H24N4O7S/c18-11(7-22)15(25)21-12(5-9-1-3-10(23)4-2-9)16(26)19-6-14(24)20-13(8-29)17(27)28/h1-4,11-13,22-23,29H,5-8,18H2,(H,19,26)(H,20,24)(H,21,25)(H,27,28). The summed E-state index contributed by atoms with van der Waals surface area (Å²) in [6.07, 6.45) is 0.0199. The van der Waals surface area contributed by atoms with Crippen molar-refractivity contribution in [2.75, 3.05) is 18.9 Å². The number of aliphatic hydroxyl groups excluding tert-OH is 1. The topological polar surface area (TPSA) is 191 Å². The second-order valence-corrected chi connectivity index (χ2v) is 6.44. The lowest BCUT2D eigenvalue weighted by Gasteiger charge is -2.20. The first-order chi connectivity index (χ1) is 13.7. The minimum Gasteiger partial charge on any atom is -0.508 e. The normalized spacial score (nSPS) is 13.6. The van der Waals surface area contributed by atoms with Gasteiger partial charge in [0, 0.05) is 12.2 Å². The molecule has 8 N–H and O–H groups in total. The number of phenolic OH excluding ortho intramolecular Hbond substituents is 1. The van der Waals surface area contributed by atoms with E-state index in [1.165, 1.54) is 12.1 Å². The van der Waals surface area contributed by atoms with Gasteiger partial charge >= 0.3 is 5.97 Å². The molecule has 0 aliphatic carbocycles.